The maximum absolute atomic E-state index is 5.91. The molecule has 0 unspecified atom stereocenters. The third-order valence-electron chi connectivity index (χ3n) is 2.49. The van der Waals surface area contributed by atoms with Crippen molar-refractivity contribution in [3.63, 3.8) is 0 Å². The number of hydrogen-bond acceptors (Lipinski definition) is 2. The van der Waals surface area contributed by atoms with E-state index in [9.17, 15) is 0 Å². The van der Waals surface area contributed by atoms with E-state index in [-0.39, 0.29) is 0 Å². The van der Waals surface area contributed by atoms with E-state index in [2.05, 4.69) is 30.3 Å². The van der Waals surface area contributed by atoms with Crippen LogP contribution in [0.15, 0.2) is 18.2 Å². The summed E-state index contributed by atoms with van der Waals surface area (Å²) in [6.07, 6.45) is 0. The van der Waals surface area contributed by atoms with Crippen molar-refractivity contribution in [3.05, 3.63) is 34.3 Å². The molecule has 0 radical (unpaired) electrons. The molecule has 84 valence electrons. The van der Waals surface area contributed by atoms with Crippen molar-refractivity contribution in [1.29, 1.82) is 0 Å². The van der Waals surface area contributed by atoms with Gasteiger partial charge in [0, 0.05) is 24.7 Å². The van der Waals surface area contributed by atoms with Gasteiger partial charge in [-0.1, -0.05) is 17.7 Å². The van der Waals surface area contributed by atoms with Gasteiger partial charge in [-0.2, -0.15) is 0 Å². The molecule has 0 saturated carbocycles. The zero-order chi connectivity index (χ0) is 11.3. The Bertz CT molecular complexity index is 312. The highest BCUT2D eigenvalue weighted by molar-refractivity contribution is 6.30. The van der Waals surface area contributed by atoms with Gasteiger partial charge >= 0.3 is 0 Å². The summed E-state index contributed by atoms with van der Waals surface area (Å²) in [7, 11) is 4.10. The summed E-state index contributed by atoms with van der Waals surface area (Å²) in [4.78, 5) is 2.30. The number of aryl methyl sites for hydroxylation is 1. The summed E-state index contributed by atoms with van der Waals surface area (Å²) in [6, 6.07) is 6.08. The Hall–Kier alpha value is -0.570. The van der Waals surface area contributed by atoms with Gasteiger partial charge in [-0.25, -0.2) is 0 Å². The van der Waals surface area contributed by atoms with E-state index in [0.29, 0.717) is 0 Å². The first kappa shape index (κ1) is 12.5. The van der Waals surface area contributed by atoms with Crippen molar-refractivity contribution in [1.82, 2.24) is 10.2 Å². The average molecular weight is 227 g/mol. The van der Waals surface area contributed by atoms with Gasteiger partial charge in [-0.05, 0) is 44.3 Å². The molecule has 0 aliphatic rings. The largest absolute Gasteiger partial charge is 0.318 e. The monoisotopic (exact) mass is 226 g/mol. The Labute approximate surface area is 97.2 Å². The molecule has 15 heavy (non-hydrogen) atoms. The topological polar surface area (TPSA) is 15.3 Å². The van der Waals surface area contributed by atoms with Gasteiger partial charge in [0.05, 0.1) is 0 Å². The summed E-state index contributed by atoms with van der Waals surface area (Å²) < 4.78 is 0. The number of nitrogens with zero attached hydrogens (tertiary/aromatic N) is 1. The van der Waals surface area contributed by atoms with Crippen LogP contribution in [0.25, 0.3) is 0 Å². The quantitative estimate of drug-likeness (QED) is 0.829. The molecule has 0 spiro atoms. The molecule has 3 heteroatoms. The zero-order valence-electron chi connectivity index (χ0n) is 9.68. The van der Waals surface area contributed by atoms with Crippen LogP contribution in [0.5, 0.6) is 0 Å². The third-order valence-corrected chi connectivity index (χ3v) is 2.72. The van der Waals surface area contributed by atoms with Crippen LogP contribution >= 0.6 is 11.6 Å². The van der Waals surface area contributed by atoms with Crippen LogP contribution in [0.1, 0.15) is 11.1 Å². The number of benzene rings is 1. The standard InChI is InChI=1S/C12H19ClN2/c1-10-8-12(13)5-4-11(10)9-15(3)7-6-14-2/h4-5,8,14H,6-7,9H2,1-3H3. The van der Waals surface area contributed by atoms with Crippen LogP contribution in [-0.4, -0.2) is 32.1 Å². The van der Waals surface area contributed by atoms with Crippen molar-refractivity contribution >= 4 is 11.6 Å². The van der Waals surface area contributed by atoms with E-state index < -0.39 is 0 Å². The molecule has 0 amide bonds. The lowest BCUT2D eigenvalue weighted by molar-refractivity contribution is 0.327. The Balaban J connectivity index is 2.56. The maximum Gasteiger partial charge on any atom is 0.0408 e. The van der Waals surface area contributed by atoms with Crippen molar-refractivity contribution in [3.8, 4) is 0 Å². The third kappa shape index (κ3) is 4.20. The minimum atomic E-state index is 0.814. The summed E-state index contributed by atoms with van der Waals surface area (Å²) >= 11 is 5.91. The number of hydrogen-bond donors (Lipinski definition) is 1. The fraction of sp³-hybridized carbons (Fsp3) is 0.500. The predicted molar refractivity (Wildman–Crippen MR) is 66.4 cm³/mol. The Morgan fingerprint density at radius 3 is 2.73 bits per heavy atom. The zero-order valence-corrected chi connectivity index (χ0v) is 10.4. The molecule has 0 aromatic heterocycles. The SMILES string of the molecule is CNCCN(C)Cc1ccc(Cl)cc1C. The normalized spacial score (nSPS) is 11.0. The van der Waals surface area contributed by atoms with E-state index in [0.717, 1.165) is 24.7 Å². The molecule has 0 fully saturated rings. The van der Waals surface area contributed by atoms with Gasteiger partial charge in [0.25, 0.3) is 0 Å². The summed E-state index contributed by atoms with van der Waals surface area (Å²) in [5, 5.41) is 3.96. The molecule has 0 bridgehead atoms. The van der Waals surface area contributed by atoms with Crippen LogP contribution in [0, 0.1) is 6.92 Å². The lowest BCUT2D eigenvalue weighted by Crippen LogP contribution is -2.27. The van der Waals surface area contributed by atoms with Crippen LogP contribution in [0.4, 0.5) is 0 Å². The van der Waals surface area contributed by atoms with Gasteiger partial charge in [0.1, 0.15) is 0 Å². The van der Waals surface area contributed by atoms with E-state index >= 15 is 0 Å². The fourth-order valence-electron chi connectivity index (χ4n) is 1.51. The summed E-state index contributed by atoms with van der Waals surface area (Å²) in [5.74, 6) is 0. The highest BCUT2D eigenvalue weighted by Gasteiger charge is 2.03. The van der Waals surface area contributed by atoms with E-state index in [4.69, 9.17) is 11.6 Å². The van der Waals surface area contributed by atoms with Crippen LogP contribution in [-0.2, 0) is 6.54 Å². The number of likely N-dealkylation sites (N-methyl/N-ethyl adjacent to an activating group) is 2. The molecular formula is C12H19ClN2. The summed E-state index contributed by atoms with van der Waals surface area (Å²) in [5.41, 5.74) is 2.61. The van der Waals surface area contributed by atoms with Gasteiger partial charge in [-0.15, -0.1) is 0 Å². The molecular weight excluding hydrogens is 208 g/mol. The average Bonchev–Trinajstić information content (AvgIpc) is 2.19. The van der Waals surface area contributed by atoms with E-state index in [1.54, 1.807) is 0 Å². The molecule has 0 atom stereocenters. The fourth-order valence-corrected chi connectivity index (χ4v) is 1.74. The molecule has 1 aromatic carbocycles. The van der Waals surface area contributed by atoms with Crippen molar-refractivity contribution in [2.45, 2.75) is 13.5 Å². The van der Waals surface area contributed by atoms with Crippen molar-refractivity contribution in [2.75, 3.05) is 27.2 Å². The molecule has 1 N–H and O–H groups in total. The minimum absolute atomic E-state index is 0.814. The molecule has 0 aliphatic heterocycles. The van der Waals surface area contributed by atoms with Gasteiger partial charge < -0.3 is 10.2 Å². The molecule has 1 aromatic rings. The maximum atomic E-state index is 5.91. The molecule has 0 saturated heterocycles. The lowest BCUT2D eigenvalue weighted by atomic mass is 10.1. The van der Waals surface area contributed by atoms with Crippen LogP contribution in [0.2, 0.25) is 5.02 Å². The molecule has 2 nitrogen and oxygen atoms in total. The van der Waals surface area contributed by atoms with Gasteiger partial charge in [0.2, 0.25) is 0 Å². The van der Waals surface area contributed by atoms with Crippen molar-refractivity contribution in [2.24, 2.45) is 0 Å². The van der Waals surface area contributed by atoms with Gasteiger partial charge in [-0.3, -0.25) is 0 Å². The summed E-state index contributed by atoms with van der Waals surface area (Å²) in [6.45, 7) is 5.15. The highest BCUT2D eigenvalue weighted by atomic mass is 35.5. The van der Waals surface area contributed by atoms with E-state index in [1.165, 1.54) is 11.1 Å². The Morgan fingerprint density at radius 2 is 2.13 bits per heavy atom. The second kappa shape index (κ2) is 6.11. The first-order valence-corrected chi connectivity index (χ1v) is 5.59. The minimum Gasteiger partial charge on any atom is -0.318 e. The molecule has 0 aliphatic carbocycles. The highest BCUT2D eigenvalue weighted by Crippen LogP contribution is 2.16. The second-order valence-electron chi connectivity index (χ2n) is 3.91. The van der Waals surface area contributed by atoms with E-state index in [1.807, 2.05) is 19.2 Å². The van der Waals surface area contributed by atoms with Crippen molar-refractivity contribution < 1.29 is 0 Å². The second-order valence-corrected chi connectivity index (χ2v) is 4.35. The number of halogens is 1. The van der Waals surface area contributed by atoms with Gasteiger partial charge in [0.15, 0.2) is 0 Å². The first-order valence-electron chi connectivity index (χ1n) is 5.21. The van der Waals surface area contributed by atoms with Crippen LogP contribution < -0.4 is 5.32 Å². The smallest absolute Gasteiger partial charge is 0.0408 e. The Morgan fingerprint density at radius 1 is 1.40 bits per heavy atom. The molecule has 0 heterocycles. The number of rotatable bonds is 5. The predicted octanol–water partition coefficient (Wildman–Crippen LogP) is 2.30. The molecule has 1 rings (SSSR count). The first-order chi connectivity index (χ1) is 7.13. The number of nitrogens with one attached hydrogen (secondary N) is 1. The lowest BCUT2D eigenvalue weighted by Gasteiger charge is -2.17. The van der Waals surface area contributed by atoms with Crippen LogP contribution in [0.3, 0.4) is 0 Å². The Kier molecular flexibility index (Phi) is 5.09.